The number of rotatable bonds is 3. The molecule has 1 saturated heterocycles. The van der Waals surface area contributed by atoms with E-state index in [1.54, 1.807) is 36.4 Å². The monoisotopic (exact) mass is 374 g/mol. The molecule has 0 aromatic heterocycles. The number of fused-ring (bicyclic) bond motifs is 1. The first kappa shape index (κ1) is 16.1. The first-order valence-corrected chi connectivity index (χ1v) is 8.35. The molecule has 126 valence electrons. The van der Waals surface area contributed by atoms with Crippen molar-refractivity contribution in [2.24, 2.45) is 10.3 Å². The third-order valence-corrected chi connectivity index (χ3v) is 4.66. The number of hydrogen-bond acceptors (Lipinski definition) is 5. The molecule has 2 heterocycles. The topological polar surface area (TPSA) is 65.3 Å². The van der Waals surface area contributed by atoms with Gasteiger partial charge in [-0.3, -0.25) is 14.6 Å². The van der Waals surface area contributed by atoms with Gasteiger partial charge in [0.15, 0.2) is 12.1 Å². The van der Waals surface area contributed by atoms with E-state index in [9.17, 15) is 9.59 Å². The van der Waals surface area contributed by atoms with Gasteiger partial charge in [0.1, 0.15) is 0 Å². The fraction of sp³-hybridized carbons (Fsp3) is 0.176. The van der Waals surface area contributed by atoms with Gasteiger partial charge in [0.05, 0.1) is 12.2 Å². The van der Waals surface area contributed by atoms with Crippen LogP contribution in [0.2, 0.25) is 10.0 Å². The number of carbonyl (C=O) groups excluding carboxylic acids is 2. The van der Waals surface area contributed by atoms with Gasteiger partial charge in [-0.1, -0.05) is 40.6 Å². The highest BCUT2D eigenvalue weighted by Gasteiger charge is 2.54. The molecule has 2 aromatic rings. The molecule has 2 aliphatic rings. The first-order valence-electron chi connectivity index (χ1n) is 7.60. The summed E-state index contributed by atoms with van der Waals surface area (Å²) in [5.74, 6) is -0.723. The van der Waals surface area contributed by atoms with E-state index in [0.29, 0.717) is 22.3 Å². The van der Waals surface area contributed by atoms with E-state index < -0.39 is 12.1 Å². The Morgan fingerprint density at radius 3 is 2.44 bits per heavy atom. The molecule has 2 amide bonds. The maximum absolute atomic E-state index is 12.8. The van der Waals surface area contributed by atoms with E-state index in [0.717, 1.165) is 10.5 Å². The van der Waals surface area contributed by atoms with Crippen molar-refractivity contribution in [2.45, 2.75) is 18.6 Å². The smallest absolute Gasteiger partial charge is 0.263 e. The van der Waals surface area contributed by atoms with Gasteiger partial charge in [-0.2, -0.15) is 5.11 Å². The van der Waals surface area contributed by atoms with Crippen LogP contribution >= 0.6 is 23.2 Å². The Morgan fingerprint density at radius 2 is 1.72 bits per heavy atom. The summed E-state index contributed by atoms with van der Waals surface area (Å²) in [7, 11) is 0. The molecular weight excluding hydrogens is 363 g/mol. The molecule has 0 saturated carbocycles. The quantitative estimate of drug-likeness (QED) is 0.772. The molecule has 2 aliphatic heterocycles. The first-order chi connectivity index (χ1) is 12.0. The fourth-order valence-corrected chi connectivity index (χ4v) is 3.36. The zero-order valence-electron chi connectivity index (χ0n) is 12.8. The van der Waals surface area contributed by atoms with Gasteiger partial charge >= 0.3 is 0 Å². The average Bonchev–Trinajstić information content (AvgIpc) is 3.10. The number of imide groups is 1. The van der Waals surface area contributed by atoms with Crippen molar-refractivity contribution in [1.29, 1.82) is 0 Å². The summed E-state index contributed by atoms with van der Waals surface area (Å²) in [6, 6.07) is 12.3. The highest BCUT2D eigenvalue weighted by molar-refractivity contribution is 6.31. The van der Waals surface area contributed by atoms with E-state index in [2.05, 4.69) is 10.3 Å². The zero-order chi connectivity index (χ0) is 17.6. The average molecular weight is 375 g/mol. The van der Waals surface area contributed by atoms with Crippen LogP contribution in [-0.2, 0) is 16.1 Å². The van der Waals surface area contributed by atoms with Crippen molar-refractivity contribution in [3.8, 4) is 0 Å². The zero-order valence-corrected chi connectivity index (χ0v) is 14.4. The maximum atomic E-state index is 12.8. The standard InChI is InChI=1S/C17H12Cl2N4O2/c18-11-4-6-13(7-5-11)23-16(24)14-15(17(23)25)22(21-20-14)9-10-2-1-3-12(19)8-10/h1-8,14-15H,9H2/t14-,15-/m0/s1. The number of anilines is 1. The molecule has 4 rings (SSSR count). The molecule has 0 radical (unpaired) electrons. The predicted molar refractivity (Wildman–Crippen MR) is 93.4 cm³/mol. The van der Waals surface area contributed by atoms with Crippen LogP contribution in [0, 0.1) is 0 Å². The second kappa shape index (κ2) is 6.13. The van der Waals surface area contributed by atoms with E-state index in [1.165, 1.54) is 5.01 Å². The SMILES string of the molecule is O=C1[C@H]2N=NN(Cc3cccc(Cl)c3)[C@@H]2C(=O)N1c1ccc(Cl)cc1. The van der Waals surface area contributed by atoms with Crippen molar-refractivity contribution in [1.82, 2.24) is 5.01 Å². The molecule has 0 unspecified atom stereocenters. The van der Waals surface area contributed by atoms with Crippen LogP contribution in [0.3, 0.4) is 0 Å². The molecule has 2 atom stereocenters. The van der Waals surface area contributed by atoms with Crippen molar-refractivity contribution in [2.75, 3.05) is 4.90 Å². The number of amides is 2. The van der Waals surface area contributed by atoms with Gasteiger partial charge < -0.3 is 0 Å². The third-order valence-electron chi connectivity index (χ3n) is 4.18. The van der Waals surface area contributed by atoms with Crippen molar-refractivity contribution in [3.63, 3.8) is 0 Å². The fourth-order valence-electron chi connectivity index (χ4n) is 3.02. The summed E-state index contributed by atoms with van der Waals surface area (Å²) < 4.78 is 0. The van der Waals surface area contributed by atoms with Crippen molar-refractivity contribution >= 4 is 40.7 Å². The second-order valence-electron chi connectivity index (χ2n) is 5.81. The number of benzene rings is 2. The molecule has 6 nitrogen and oxygen atoms in total. The van der Waals surface area contributed by atoms with Crippen LogP contribution in [0.1, 0.15) is 5.56 Å². The largest absolute Gasteiger partial charge is 0.271 e. The summed E-state index contributed by atoms with van der Waals surface area (Å²) in [6.45, 7) is 0.346. The predicted octanol–water partition coefficient (Wildman–Crippen LogP) is 3.49. The normalized spacial score (nSPS) is 22.0. The molecule has 1 fully saturated rings. The Kier molecular flexibility index (Phi) is 3.94. The van der Waals surface area contributed by atoms with Crippen LogP contribution in [0.25, 0.3) is 0 Å². The Morgan fingerprint density at radius 1 is 0.960 bits per heavy atom. The lowest BCUT2D eigenvalue weighted by Crippen LogP contribution is -2.39. The number of hydrogen-bond donors (Lipinski definition) is 0. The summed E-state index contributed by atoms with van der Waals surface area (Å²) in [4.78, 5) is 26.6. The molecule has 25 heavy (non-hydrogen) atoms. The van der Waals surface area contributed by atoms with Crippen LogP contribution in [0.4, 0.5) is 5.69 Å². The summed E-state index contributed by atoms with van der Waals surface area (Å²) in [5, 5.41) is 10.7. The minimum absolute atomic E-state index is 0.343. The van der Waals surface area contributed by atoms with Crippen LogP contribution in [0.15, 0.2) is 58.9 Å². The maximum Gasteiger partial charge on any atom is 0.263 e. The molecule has 0 bridgehead atoms. The highest BCUT2D eigenvalue weighted by Crippen LogP contribution is 2.33. The van der Waals surface area contributed by atoms with Crippen molar-refractivity contribution in [3.05, 3.63) is 64.1 Å². The molecule has 0 aliphatic carbocycles. The molecular formula is C17H12Cl2N4O2. The Balaban J connectivity index is 1.60. The Labute approximate surface area is 153 Å². The molecule has 8 heteroatoms. The molecule has 2 aromatic carbocycles. The van der Waals surface area contributed by atoms with Gasteiger partial charge in [-0.15, -0.1) is 0 Å². The number of halogens is 2. The number of carbonyl (C=O) groups is 2. The van der Waals surface area contributed by atoms with Gasteiger partial charge in [0.25, 0.3) is 11.8 Å². The lowest BCUT2D eigenvalue weighted by atomic mass is 10.1. The summed E-state index contributed by atoms with van der Waals surface area (Å²) >= 11 is 11.9. The van der Waals surface area contributed by atoms with Gasteiger partial charge in [-0.25, -0.2) is 4.90 Å². The molecule has 0 N–H and O–H groups in total. The highest BCUT2D eigenvalue weighted by atomic mass is 35.5. The second-order valence-corrected chi connectivity index (χ2v) is 6.68. The van der Waals surface area contributed by atoms with E-state index >= 15 is 0 Å². The van der Waals surface area contributed by atoms with Crippen LogP contribution in [0.5, 0.6) is 0 Å². The van der Waals surface area contributed by atoms with Gasteiger partial charge in [0.2, 0.25) is 0 Å². The Hall–Kier alpha value is -2.44. The third kappa shape index (κ3) is 2.77. The number of nitrogens with zero attached hydrogens (tertiary/aromatic N) is 4. The summed E-state index contributed by atoms with van der Waals surface area (Å²) in [5.41, 5.74) is 1.36. The van der Waals surface area contributed by atoms with E-state index in [1.807, 2.05) is 12.1 Å². The lowest BCUT2D eigenvalue weighted by Gasteiger charge is -2.20. The van der Waals surface area contributed by atoms with Crippen LogP contribution < -0.4 is 4.90 Å². The van der Waals surface area contributed by atoms with Gasteiger partial charge in [-0.05, 0) is 42.0 Å². The van der Waals surface area contributed by atoms with Crippen LogP contribution in [-0.4, -0.2) is 28.9 Å². The Bertz CT molecular complexity index is 884. The van der Waals surface area contributed by atoms with Gasteiger partial charge in [0, 0.05) is 10.0 Å². The lowest BCUT2D eigenvalue weighted by molar-refractivity contribution is -0.123. The minimum Gasteiger partial charge on any atom is -0.271 e. The minimum atomic E-state index is -0.817. The summed E-state index contributed by atoms with van der Waals surface area (Å²) in [6.07, 6.45) is 0. The molecule has 0 spiro atoms. The van der Waals surface area contributed by atoms with E-state index in [4.69, 9.17) is 23.2 Å². The van der Waals surface area contributed by atoms with Crippen molar-refractivity contribution < 1.29 is 9.59 Å². The van der Waals surface area contributed by atoms with E-state index in [-0.39, 0.29) is 11.8 Å².